The van der Waals surface area contributed by atoms with Gasteiger partial charge in [0.15, 0.2) is 5.96 Å². The van der Waals surface area contributed by atoms with Crippen molar-refractivity contribution in [2.24, 2.45) is 4.99 Å². The molecule has 1 aliphatic rings. The van der Waals surface area contributed by atoms with Crippen molar-refractivity contribution in [1.29, 1.82) is 0 Å². The Bertz CT molecular complexity index is 516. The molecule has 1 aromatic carbocycles. The van der Waals surface area contributed by atoms with Gasteiger partial charge >= 0.3 is 0 Å². The van der Waals surface area contributed by atoms with Gasteiger partial charge in [0.2, 0.25) is 0 Å². The van der Waals surface area contributed by atoms with E-state index in [1.54, 1.807) is 14.2 Å². The molecule has 0 amide bonds. The highest BCUT2D eigenvalue weighted by Crippen LogP contribution is 2.36. The van der Waals surface area contributed by atoms with Crippen LogP contribution in [0.3, 0.4) is 0 Å². The molecule has 1 unspecified atom stereocenters. The first-order valence-electron chi connectivity index (χ1n) is 8.00. The Hall–Kier alpha value is -1.56. The summed E-state index contributed by atoms with van der Waals surface area (Å²) in [5.74, 6) is 3.70. The fourth-order valence-electron chi connectivity index (χ4n) is 2.50. The third kappa shape index (κ3) is 5.86. The fraction of sp³-hybridized carbons (Fsp3) is 0.588. The third-order valence-corrected chi connectivity index (χ3v) is 5.40. The zero-order valence-electron chi connectivity index (χ0n) is 14.2. The number of aliphatic imine (C=N–C) groups is 1. The van der Waals surface area contributed by atoms with Crippen LogP contribution < -0.4 is 20.1 Å². The van der Waals surface area contributed by atoms with E-state index in [9.17, 15) is 0 Å². The smallest absolute Gasteiger partial charge is 0.191 e. The van der Waals surface area contributed by atoms with E-state index in [2.05, 4.69) is 22.5 Å². The summed E-state index contributed by atoms with van der Waals surface area (Å²) in [6, 6.07) is 7.62. The van der Waals surface area contributed by atoms with E-state index in [-0.39, 0.29) is 0 Å². The second-order valence-corrected chi connectivity index (χ2v) is 7.46. The summed E-state index contributed by atoms with van der Waals surface area (Å²) in [5.41, 5.74) is 0. The van der Waals surface area contributed by atoms with Gasteiger partial charge in [-0.25, -0.2) is 0 Å². The van der Waals surface area contributed by atoms with Gasteiger partial charge in [-0.3, -0.25) is 4.99 Å². The van der Waals surface area contributed by atoms with Crippen LogP contribution in [0.5, 0.6) is 11.5 Å². The maximum atomic E-state index is 5.71. The molecular weight excluding hydrogens is 310 g/mol. The molecule has 0 aromatic heterocycles. The van der Waals surface area contributed by atoms with Crippen molar-refractivity contribution < 1.29 is 9.47 Å². The number of rotatable bonds is 7. The second-order valence-electron chi connectivity index (χ2n) is 5.78. The molecule has 0 aliphatic carbocycles. The van der Waals surface area contributed by atoms with Crippen molar-refractivity contribution in [1.82, 2.24) is 10.6 Å². The van der Waals surface area contributed by atoms with Crippen LogP contribution in [0.25, 0.3) is 0 Å². The van der Waals surface area contributed by atoms with Crippen LogP contribution in [-0.4, -0.2) is 50.3 Å². The summed E-state index contributed by atoms with van der Waals surface area (Å²) in [6.07, 6.45) is 2.57. The van der Waals surface area contributed by atoms with E-state index >= 15 is 0 Å². The number of ether oxygens (including phenoxy) is 2. The van der Waals surface area contributed by atoms with Gasteiger partial charge in [0.05, 0.1) is 13.7 Å². The lowest BCUT2D eigenvalue weighted by Crippen LogP contribution is -2.44. The lowest BCUT2D eigenvalue weighted by atomic mass is 10.1. The number of methoxy groups -OCH3 is 1. The third-order valence-electron chi connectivity index (χ3n) is 3.86. The van der Waals surface area contributed by atoms with Crippen molar-refractivity contribution in [3.8, 4) is 11.5 Å². The zero-order valence-corrected chi connectivity index (χ0v) is 15.0. The standard InChI is InChI=1S/C17H27N3O2S/c1-17(8-5-11-23-17)13-20-16(18-2)19-9-10-22-15-7-4-6-14(12-15)21-3/h4,6-7,12H,5,8-11,13H2,1-3H3,(H2,18,19,20). The summed E-state index contributed by atoms with van der Waals surface area (Å²) in [6.45, 7) is 4.52. The molecule has 1 heterocycles. The van der Waals surface area contributed by atoms with Crippen LogP contribution in [-0.2, 0) is 0 Å². The predicted molar refractivity (Wildman–Crippen MR) is 98.0 cm³/mol. The van der Waals surface area contributed by atoms with Crippen LogP contribution in [0.1, 0.15) is 19.8 Å². The molecule has 0 saturated carbocycles. The molecule has 1 aliphatic heterocycles. The molecule has 5 nitrogen and oxygen atoms in total. The Morgan fingerprint density at radius 1 is 1.35 bits per heavy atom. The topological polar surface area (TPSA) is 54.9 Å². The Labute approximate surface area is 143 Å². The quantitative estimate of drug-likeness (QED) is 0.455. The highest BCUT2D eigenvalue weighted by atomic mass is 32.2. The van der Waals surface area contributed by atoms with Gasteiger partial charge in [0.25, 0.3) is 0 Å². The molecule has 23 heavy (non-hydrogen) atoms. The Kier molecular flexibility index (Phi) is 6.89. The Morgan fingerprint density at radius 2 is 2.17 bits per heavy atom. The normalized spacial score (nSPS) is 21.1. The highest BCUT2D eigenvalue weighted by molar-refractivity contribution is 8.00. The number of nitrogens with one attached hydrogen (secondary N) is 2. The van der Waals surface area contributed by atoms with E-state index in [1.165, 1.54) is 18.6 Å². The van der Waals surface area contributed by atoms with Crippen molar-refractivity contribution in [2.75, 3.05) is 39.6 Å². The molecule has 1 saturated heterocycles. The van der Waals surface area contributed by atoms with Gasteiger partial charge in [-0.2, -0.15) is 11.8 Å². The largest absolute Gasteiger partial charge is 0.497 e. The predicted octanol–water partition coefficient (Wildman–Crippen LogP) is 2.52. The van der Waals surface area contributed by atoms with Gasteiger partial charge in [-0.05, 0) is 37.7 Å². The molecule has 1 atom stereocenters. The summed E-state index contributed by atoms with van der Waals surface area (Å²) < 4.78 is 11.2. The molecule has 6 heteroatoms. The lowest BCUT2D eigenvalue weighted by Gasteiger charge is -2.24. The molecule has 1 aromatic rings. The molecule has 2 rings (SSSR count). The van der Waals surface area contributed by atoms with Gasteiger partial charge in [-0.15, -0.1) is 0 Å². The number of benzene rings is 1. The fourth-order valence-corrected chi connectivity index (χ4v) is 3.74. The maximum absolute atomic E-state index is 5.71. The first kappa shape index (κ1) is 17.8. The van der Waals surface area contributed by atoms with E-state index in [1.807, 2.05) is 36.0 Å². The average molecular weight is 337 g/mol. The molecular formula is C17H27N3O2S. The Morgan fingerprint density at radius 3 is 2.87 bits per heavy atom. The number of hydrogen-bond acceptors (Lipinski definition) is 4. The number of thioether (sulfide) groups is 1. The van der Waals surface area contributed by atoms with E-state index in [0.717, 1.165) is 24.0 Å². The molecule has 0 spiro atoms. The zero-order chi connectivity index (χ0) is 16.5. The van der Waals surface area contributed by atoms with E-state index < -0.39 is 0 Å². The SMILES string of the molecule is CN=C(NCCOc1cccc(OC)c1)NCC1(C)CCCS1. The van der Waals surface area contributed by atoms with Crippen LogP contribution in [0, 0.1) is 0 Å². The lowest BCUT2D eigenvalue weighted by molar-refractivity contribution is 0.319. The molecule has 128 valence electrons. The number of guanidine groups is 1. The van der Waals surface area contributed by atoms with Gasteiger partial charge in [0.1, 0.15) is 18.1 Å². The van der Waals surface area contributed by atoms with Crippen LogP contribution in [0.4, 0.5) is 0 Å². The minimum Gasteiger partial charge on any atom is -0.497 e. The summed E-state index contributed by atoms with van der Waals surface area (Å²) in [4.78, 5) is 4.26. The molecule has 0 radical (unpaired) electrons. The first-order valence-corrected chi connectivity index (χ1v) is 8.99. The maximum Gasteiger partial charge on any atom is 0.191 e. The van der Waals surface area contributed by atoms with Crippen LogP contribution in [0.15, 0.2) is 29.3 Å². The summed E-state index contributed by atoms with van der Waals surface area (Å²) >= 11 is 2.04. The Balaban J connectivity index is 1.67. The van der Waals surface area contributed by atoms with Crippen molar-refractivity contribution in [3.63, 3.8) is 0 Å². The van der Waals surface area contributed by atoms with E-state index in [4.69, 9.17) is 9.47 Å². The summed E-state index contributed by atoms with van der Waals surface area (Å²) in [5, 5.41) is 6.69. The average Bonchev–Trinajstić information content (AvgIpc) is 3.01. The first-order chi connectivity index (χ1) is 11.1. The minimum atomic E-state index is 0.328. The van der Waals surface area contributed by atoms with Gasteiger partial charge in [0, 0.05) is 24.4 Å². The van der Waals surface area contributed by atoms with E-state index in [0.29, 0.717) is 17.9 Å². The number of hydrogen-bond donors (Lipinski definition) is 2. The van der Waals surface area contributed by atoms with Crippen LogP contribution >= 0.6 is 11.8 Å². The van der Waals surface area contributed by atoms with Crippen LogP contribution in [0.2, 0.25) is 0 Å². The molecule has 1 fully saturated rings. The van der Waals surface area contributed by atoms with Crippen molar-refractivity contribution >= 4 is 17.7 Å². The summed E-state index contributed by atoms with van der Waals surface area (Å²) in [7, 11) is 3.45. The van der Waals surface area contributed by atoms with Gasteiger partial charge in [-0.1, -0.05) is 6.07 Å². The van der Waals surface area contributed by atoms with Gasteiger partial charge < -0.3 is 20.1 Å². The highest BCUT2D eigenvalue weighted by Gasteiger charge is 2.29. The monoisotopic (exact) mass is 337 g/mol. The van der Waals surface area contributed by atoms with Crippen molar-refractivity contribution in [3.05, 3.63) is 24.3 Å². The van der Waals surface area contributed by atoms with Crippen molar-refractivity contribution in [2.45, 2.75) is 24.5 Å². The molecule has 2 N–H and O–H groups in total. The molecule has 0 bridgehead atoms. The minimum absolute atomic E-state index is 0.328. The number of nitrogens with zero attached hydrogens (tertiary/aromatic N) is 1. The second kappa shape index (κ2) is 8.91.